The van der Waals surface area contributed by atoms with Crippen LogP contribution in [0.3, 0.4) is 0 Å². The minimum atomic E-state index is -0.925. The largest absolute Gasteiger partial charge is 0.378 e. The van der Waals surface area contributed by atoms with E-state index < -0.39 is 11.6 Å². The third-order valence-corrected chi connectivity index (χ3v) is 4.65. The van der Waals surface area contributed by atoms with Crippen molar-refractivity contribution >= 4 is 29.2 Å². The number of nitrogens with one attached hydrogen (secondary N) is 1. The van der Waals surface area contributed by atoms with Crippen molar-refractivity contribution in [3.8, 4) is 0 Å². The number of amides is 1. The number of pyridine rings is 1. The van der Waals surface area contributed by atoms with E-state index in [9.17, 15) is 13.6 Å². The van der Waals surface area contributed by atoms with E-state index in [1.807, 2.05) is 6.07 Å². The van der Waals surface area contributed by atoms with Gasteiger partial charge in [-0.3, -0.25) is 4.79 Å². The number of nitrogens with zero attached hydrogens (tertiary/aromatic N) is 2. The Balaban J connectivity index is 1.51. The highest BCUT2D eigenvalue weighted by atomic mass is 32.2. The molecule has 1 aromatic heterocycles. The number of hydrogen-bond donors (Lipinski definition) is 1. The highest BCUT2D eigenvalue weighted by Crippen LogP contribution is 2.21. The number of carbonyl (C=O) groups excluding carboxylic acids is 1. The molecule has 1 fully saturated rings. The minimum absolute atomic E-state index is 0.0813. The van der Waals surface area contributed by atoms with E-state index >= 15 is 0 Å². The van der Waals surface area contributed by atoms with Gasteiger partial charge in [-0.05, 0) is 30.3 Å². The number of aromatic nitrogens is 1. The van der Waals surface area contributed by atoms with Crippen molar-refractivity contribution in [2.24, 2.45) is 0 Å². The highest BCUT2D eigenvalue weighted by Gasteiger charge is 2.12. The number of hydrogen-bond acceptors (Lipinski definition) is 5. The topological polar surface area (TPSA) is 54.5 Å². The van der Waals surface area contributed by atoms with Gasteiger partial charge in [-0.1, -0.05) is 0 Å². The van der Waals surface area contributed by atoms with Crippen LogP contribution in [0.2, 0.25) is 0 Å². The number of ether oxygens (including phenoxy) is 1. The molecule has 0 spiro atoms. The zero-order valence-electron chi connectivity index (χ0n) is 13.4. The summed E-state index contributed by atoms with van der Waals surface area (Å²) in [6.45, 7) is 3.02. The standard InChI is InChI=1S/C17H17F2N3O2S/c18-14-3-2-13(9-15(14)19)25-11-17(23)21-16-4-1-12(10-20-16)22-5-7-24-8-6-22/h1-4,9-10H,5-8,11H2,(H,20,21,23). The number of thioether (sulfide) groups is 1. The smallest absolute Gasteiger partial charge is 0.235 e. The summed E-state index contributed by atoms with van der Waals surface area (Å²) in [5.41, 5.74) is 0.984. The van der Waals surface area contributed by atoms with E-state index in [1.54, 1.807) is 12.3 Å². The van der Waals surface area contributed by atoms with Crippen molar-refractivity contribution in [2.75, 3.05) is 42.3 Å². The average molecular weight is 365 g/mol. The number of morpholine rings is 1. The first kappa shape index (κ1) is 17.6. The monoisotopic (exact) mass is 365 g/mol. The molecule has 1 aliphatic heterocycles. The lowest BCUT2D eigenvalue weighted by atomic mass is 10.3. The normalized spacial score (nSPS) is 14.4. The third-order valence-electron chi connectivity index (χ3n) is 3.65. The fraction of sp³-hybridized carbons (Fsp3) is 0.294. The average Bonchev–Trinajstić information content (AvgIpc) is 2.64. The SMILES string of the molecule is O=C(CSc1ccc(F)c(F)c1)Nc1ccc(N2CCOCC2)cn1. The summed E-state index contributed by atoms with van der Waals surface area (Å²) in [5.74, 6) is -1.56. The van der Waals surface area contributed by atoms with E-state index in [0.29, 0.717) is 23.9 Å². The molecule has 5 nitrogen and oxygen atoms in total. The molecule has 2 heterocycles. The summed E-state index contributed by atoms with van der Waals surface area (Å²) in [6, 6.07) is 7.19. The number of benzene rings is 1. The summed E-state index contributed by atoms with van der Waals surface area (Å²) in [4.78, 5) is 18.9. The molecule has 1 aliphatic rings. The molecule has 8 heteroatoms. The van der Waals surface area contributed by atoms with Crippen LogP contribution in [-0.4, -0.2) is 42.9 Å². The Bertz CT molecular complexity index is 737. The summed E-state index contributed by atoms with van der Waals surface area (Å²) in [6.07, 6.45) is 1.71. The van der Waals surface area contributed by atoms with Crippen molar-refractivity contribution in [3.63, 3.8) is 0 Å². The first-order valence-electron chi connectivity index (χ1n) is 7.78. The van der Waals surface area contributed by atoms with Crippen LogP contribution >= 0.6 is 11.8 Å². The molecule has 25 heavy (non-hydrogen) atoms. The molecule has 1 amide bonds. The van der Waals surface area contributed by atoms with E-state index in [2.05, 4.69) is 15.2 Å². The van der Waals surface area contributed by atoms with Crippen molar-refractivity contribution < 1.29 is 18.3 Å². The Morgan fingerprint density at radius 2 is 2.00 bits per heavy atom. The maximum absolute atomic E-state index is 13.1. The predicted molar refractivity (Wildman–Crippen MR) is 93.0 cm³/mol. The second kappa shape index (κ2) is 8.26. The molecule has 0 aliphatic carbocycles. The lowest BCUT2D eigenvalue weighted by molar-refractivity contribution is -0.113. The molecule has 0 radical (unpaired) electrons. The summed E-state index contributed by atoms with van der Waals surface area (Å²) in [5, 5.41) is 2.69. The van der Waals surface area contributed by atoms with Crippen molar-refractivity contribution in [3.05, 3.63) is 48.2 Å². The van der Waals surface area contributed by atoms with Crippen LogP contribution in [0.4, 0.5) is 20.3 Å². The van der Waals surface area contributed by atoms with Gasteiger partial charge in [-0.25, -0.2) is 13.8 Å². The Kier molecular flexibility index (Phi) is 5.83. The highest BCUT2D eigenvalue weighted by molar-refractivity contribution is 8.00. The second-order valence-corrected chi connectivity index (χ2v) is 6.46. The lowest BCUT2D eigenvalue weighted by Crippen LogP contribution is -2.36. The number of carbonyl (C=O) groups is 1. The zero-order valence-corrected chi connectivity index (χ0v) is 14.2. The molecule has 1 aromatic carbocycles. The van der Waals surface area contributed by atoms with E-state index in [1.165, 1.54) is 6.07 Å². The summed E-state index contributed by atoms with van der Waals surface area (Å²) < 4.78 is 31.3. The van der Waals surface area contributed by atoms with Gasteiger partial charge < -0.3 is 15.0 Å². The Morgan fingerprint density at radius 1 is 1.20 bits per heavy atom. The summed E-state index contributed by atoms with van der Waals surface area (Å²) >= 11 is 1.13. The minimum Gasteiger partial charge on any atom is -0.378 e. The first-order valence-corrected chi connectivity index (χ1v) is 8.77. The quantitative estimate of drug-likeness (QED) is 0.826. The molecule has 1 saturated heterocycles. The van der Waals surface area contributed by atoms with E-state index in [-0.39, 0.29) is 11.7 Å². The fourth-order valence-electron chi connectivity index (χ4n) is 2.36. The van der Waals surface area contributed by atoms with Crippen LogP contribution in [0, 0.1) is 11.6 Å². The van der Waals surface area contributed by atoms with E-state index in [0.717, 1.165) is 42.7 Å². The maximum atomic E-state index is 13.1. The predicted octanol–water partition coefficient (Wildman–Crippen LogP) is 2.93. The van der Waals surface area contributed by atoms with Gasteiger partial charge in [-0.2, -0.15) is 0 Å². The van der Waals surface area contributed by atoms with Crippen LogP contribution in [0.5, 0.6) is 0 Å². The number of anilines is 2. The molecule has 1 N–H and O–H groups in total. The molecule has 0 saturated carbocycles. The first-order chi connectivity index (χ1) is 12.1. The molecule has 0 atom stereocenters. The van der Waals surface area contributed by atoms with Gasteiger partial charge in [0.05, 0.1) is 30.9 Å². The molecular weight excluding hydrogens is 348 g/mol. The lowest BCUT2D eigenvalue weighted by Gasteiger charge is -2.28. The fourth-order valence-corrected chi connectivity index (χ4v) is 3.08. The molecule has 2 aromatic rings. The van der Waals surface area contributed by atoms with Gasteiger partial charge in [0, 0.05) is 18.0 Å². The molecular formula is C17H17F2N3O2S. The summed E-state index contributed by atoms with van der Waals surface area (Å²) in [7, 11) is 0. The third kappa shape index (κ3) is 4.90. The zero-order chi connectivity index (χ0) is 17.6. The van der Waals surface area contributed by atoms with Gasteiger partial charge in [-0.15, -0.1) is 11.8 Å². The van der Waals surface area contributed by atoms with Crippen LogP contribution in [0.1, 0.15) is 0 Å². The van der Waals surface area contributed by atoms with Crippen LogP contribution < -0.4 is 10.2 Å². The Morgan fingerprint density at radius 3 is 2.68 bits per heavy atom. The maximum Gasteiger partial charge on any atom is 0.235 e. The number of rotatable bonds is 5. The van der Waals surface area contributed by atoms with Crippen LogP contribution in [0.25, 0.3) is 0 Å². The van der Waals surface area contributed by atoms with Crippen LogP contribution in [-0.2, 0) is 9.53 Å². The molecule has 132 valence electrons. The van der Waals surface area contributed by atoms with Gasteiger partial charge in [0.25, 0.3) is 0 Å². The van der Waals surface area contributed by atoms with Crippen molar-refractivity contribution in [2.45, 2.75) is 4.90 Å². The Hall–Kier alpha value is -2.19. The Labute approximate surface area is 148 Å². The van der Waals surface area contributed by atoms with Gasteiger partial charge in [0.1, 0.15) is 5.82 Å². The van der Waals surface area contributed by atoms with Crippen LogP contribution in [0.15, 0.2) is 41.4 Å². The van der Waals surface area contributed by atoms with Crippen molar-refractivity contribution in [1.82, 2.24) is 4.98 Å². The van der Waals surface area contributed by atoms with E-state index in [4.69, 9.17) is 4.74 Å². The number of halogens is 2. The van der Waals surface area contributed by atoms with Gasteiger partial charge >= 0.3 is 0 Å². The molecule has 3 rings (SSSR count). The molecule has 0 bridgehead atoms. The van der Waals surface area contributed by atoms with Crippen molar-refractivity contribution in [1.29, 1.82) is 0 Å². The second-order valence-electron chi connectivity index (χ2n) is 5.41. The van der Waals surface area contributed by atoms with Gasteiger partial charge in [0.2, 0.25) is 5.91 Å². The molecule has 0 unspecified atom stereocenters. The van der Waals surface area contributed by atoms with Gasteiger partial charge in [0.15, 0.2) is 11.6 Å².